The molecule has 0 unspecified atom stereocenters. The van der Waals surface area contributed by atoms with E-state index >= 15 is 0 Å². The fourth-order valence-corrected chi connectivity index (χ4v) is 2.06. The molecule has 0 aliphatic heterocycles. The van der Waals surface area contributed by atoms with Gasteiger partial charge in [-0.25, -0.2) is 0 Å². The lowest BCUT2D eigenvalue weighted by molar-refractivity contribution is 1.28. The molecule has 0 amide bonds. The summed E-state index contributed by atoms with van der Waals surface area (Å²) in [5.74, 6) is 0. The lowest BCUT2D eigenvalue weighted by Gasteiger charge is -2.13. The second-order valence-electron chi connectivity index (χ2n) is 3.82. The Morgan fingerprint density at radius 3 is 2.78 bits per heavy atom. The van der Waals surface area contributed by atoms with Crippen LogP contribution >= 0.6 is 23.8 Å². The Balaban J connectivity index is 2.43. The van der Waals surface area contributed by atoms with Gasteiger partial charge < -0.3 is 11.1 Å². The smallest absolute Gasteiger partial charge is 0.124 e. The van der Waals surface area contributed by atoms with Gasteiger partial charge in [0, 0.05) is 6.20 Å². The molecule has 3 N–H and O–H groups in total. The second-order valence-corrected chi connectivity index (χ2v) is 4.67. The molecule has 2 rings (SSSR count). The van der Waals surface area contributed by atoms with E-state index in [4.69, 9.17) is 29.6 Å². The number of aryl methyl sites for hydroxylation is 1. The van der Waals surface area contributed by atoms with Crippen molar-refractivity contribution in [2.75, 3.05) is 5.32 Å². The second kappa shape index (κ2) is 5.33. The van der Waals surface area contributed by atoms with Gasteiger partial charge in [0.1, 0.15) is 10.7 Å². The highest BCUT2D eigenvalue weighted by Crippen LogP contribution is 2.29. The van der Waals surface area contributed by atoms with Gasteiger partial charge in [-0.3, -0.25) is 4.98 Å². The molecular formula is C13H12ClN3S. The van der Waals surface area contributed by atoms with Crippen LogP contribution in [0, 0.1) is 6.92 Å². The highest BCUT2D eigenvalue weighted by atomic mass is 35.5. The first-order valence-electron chi connectivity index (χ1n) is 5.36. The number of rotatable bonds is 3. The molecule has 2 aromatic rings. The number of benzene rings is 1. The van der Waals surface area contributed by atoms with Crippen LogP contribution in [0.3, 0.4) is 0 Å². The van der Waals surface area contributed by atoms with Gasteiger partial charge in [-0.2, -0.15) is 0 Å². The van der Waals surface area contributed by atoms with Crippen LogP contribution in [0.1, 0.15) is 11.3 Å². The molecular weight excluding hydrogens is 266 g/mol. The van der Waals surface area contributed by atoms with E-state index in [0.29, 0.717) is 10.7 Å². The average molecular weight is 278 g/mol. The maximum absolute atomic E-state index is 6.16. The van der Waals surface area contributed by atoms with Gasteiger partial charge in [0.2, 0.25) is 0 Å². The van der Waals surface area contributed by atoms with Crippen LogP contribution in [0.15, 0.2) is 36.5 Å². The van der Waals surface area contributed by atoms with Crippen molar-refractivity contribution in [3.8, 4) is 0 Å². The monoisotopic (exact) mass is 277 g/mol. The van der Waals surface area contributed by atoms with Gasteiger partial charge in [0.05, 0.1) is 16.4 Å². The van der Waals surface area contributed by atoms with Crippen LogP contribution in [0.5, 0.6) is 0 Å². The lowest BCUT2D eigenvalue weighted by Crippen LogP contribution is -2.14. The summed E-state index contributed by atoms with van der Waals surface area (Å²) in [7, 11) is 0. The molecule has 0 aliphatic rings. The number of anilines is 2. The van der Waals surface area contributed by atoms with Gasteiger partial charge in [-0.15, -0.1) is 0 Å². The molecule has 0 saturated carbocycles. The van der Waals surface area contributed by atoms with Crippen molar-refractivity contribution in [1.29, 1.82) is 0 Å². The summed E-state index contributed by atoms with van der Waals surface area (Å²) in [5, 5.41) is 3.87. The summed E-state index contributed by atoms with van der Waals surface area (Å²) in [4.78, 5) is 4.41. The number of halogens is 1. The summed E-state index contributed by atoms with van der Waals surface area (Å²) in [6, 6.07) is 9.39. The molecule has 1 aromatic heterocycles. The first kappa shape index (κ1) is 12.8. The quantitative estimate of drug-likeness (QED) is 0.844. The van der Waals surface area contributed by atoms with Gasteiger partial charge >= 0.3 is 0 Å². The van der Waals surface area contributed by atoms with Crippen molar-refractivity contribution in [2.45, 2.75) is 6.92 Å². The first-order valence-corrected chi connectivity index (χ1v) is 6.15. The van der Waals surface area contributed by atoms with Crippen LogP contribution in [-0.2, 0) is 0 Å². The molecule has 0 saturated heterocycles. The molecule has 92 valence electrons. The Kier molecular flexibility index (Phi) is 3.79. The molecule has 1 heterocycles. The Labute approximate surface area is 116 Å². The number of nitrogens with zero attached hydrogens (tertiary/aromatic N) is 1. The van der Waals surface area contributed by atoms with Crippen molar-refractivity contribution >= 4 is 40.2 Å². The lowest BCUT2D eigenvalue weighted by atomic mass is 10.2. The number of nitrogens with two attached hydrogens (primary N) is 1. The predicted octanol–water partition coefficient (Wildman–Crippen LogP) is 3.42. The van der Waals surface area contributed by atoms with E-state index in [2.05, 4.69) is 10.3 Å². The minimum atomic E-state index is 0.253. The van der Waals surface area contributed by atoms with Gasteiger partial charge in [-0.05, 0) is 30.7 Å². The van der Waals surface area contributed by atoms with Crippen LogP contribution in [0.2, 0.25) is 5.02 Å². The highest BCUT2D eigenvalue weighted by molar-refractivity contribution is 7.80. The van der Waals surface area contributed by atoms with Crippen molar-refractivity contribution < 1.29 is 0 Å². The third kappa shape index (κ3) is 2.60. The summed E-state index contributed by atoms with van der Waals surface area (Å²) >= 11 is 11.1. The zero-order valence-corrected chi connectivity index (χ0v) is 11.3. The minimum absolute atomic E-state index is 0.253. The van der Waals surface area contributed by atoms with Gasteiger partial charge in [-0.1, -0.05) is 36.0 Å². The van der Waals surface area contributed by atoms with E-state index in [9.17, 15) is 0 Å². The number of hydrogen-bond acceptors (Lipinski definition) is 3. The normalized spacial score (nSPS) is 10.1. The summed E-state index contributed by atoms with van der Waals surface area (Å²) < 4.78 is 0. The molecule has 1 aromatic carbocycles. The van der Waals surface area contributed by atoms with Crippen molar-refractivity contribution in [3.63, 3.8) is 0 Å². The fraction of sp³-hybridized carbons (Fsp3) is 0.0769. The molecule has 0 spiro atoms. The average Bonchev–Trinajstić information content (AvgIpc) is 2.34. The fourth-order valence-electron chi connectivity index (χ4n) is 1.63. The number of hydrogen-bond donors (Lipinski definition) is 2. The highest BCUT2D eigenvalue weighted by Gasteiger charge is 2.09. The Bertz CT molecular complexity index is 578. The van der Waals surface area contributed by atoms with E-state index in [1.807, 2.05) is 37.3 Å². The van der Waals surface area contributed by atoms with Crippen molar-refractivity contribution in [1.82, 2.24) is 4.98 Å². The Morgan fingerprint density at radius 2 is 2.11 bits per heavy atom. The third-order valence-electron chi connectivity index (χ3n) is 2.52. The maximum atomic E-state index is 6.16. The van der Waals surface area contributed by atoms with Crippen LogP contribution < -0.4 is 11.1 Å². The van der Waals surface area contributed by atoms with Crippen molar-refractivity contribution in [3.05, 3.63) is 52.8 Å². The van der Waals surface area contributed by atoms with Crippen LogP contribution in [0.4, 0.5) is 11.4 Å². The van der Waals surface area contributed by atoms with E-state index in [0.717, 1.165) is 16.9 Å². The molecule has 3 nitrogen and oxygen atoms in total. The largest absolute Gasteiger partial charge is 0.388 e. The summed E-state index contributed by atoms with van der Waals surface area (Å²) in [5.41, 5.74) is 8.83. The number of nitrogens with one attached hydrogen (secondary N) is 1. The Hall–Kier alpha value is -1.65. The third-order valence-corrected chi connectivity index (χ3v) is 3.03. The number of pyridine rings is 1. The standard InChI is InChI=1S/C13H12ClN3S/c1-8-4-2-5-9(14)11(8)17-10-6-3-7-16-12(10)13(15)18/h2-7,17H,1H3,(H2,15,18). The topological polar surface area (TPSA) is 50.9 Å². The van der Waals surface area contributed by atoms with Crippen molar-refractivity contribution in [2.24, 2.45) is 5.73 Å². The molecule has 0 bridgehead atoms. The van der Waals surface area contributed by atoms with Crippen LogP contribution in [-0.4, -0.2) is 9.97 Å². The zero-order valence-electron chi connectivity index (χ0n) is 9.77. The number of thiocarbonyl (C=S) groups is 1. The Morgan fingerprint density at radius 1 is 1.33 bits per heavy atom. The molecule has 0 radical (unpaired) electrons. The van der Waals surface area contributed by atoms with E-state index < -0.39 is 0 Å². The number of aromatic nitrogens is 1. The molecule has 5 heteroatoms. The van der Waals surface area contributed by atoms with E-state index in [1.165, 1.54) is 0 Å². The van der Waals surface area contributed by atoms with Gasteiger partial charge in [0.15, 0.2) is 0 Å². The zero-order chi connectivity index (χ0) is 13.1. The van der Waals surface area contributed by atoms with E-state index in [1.54, 1.807) is 6.20 Å². The molecule has 0 atom stereocenters. The first-order chi connectivity index (χ1) is 8.59. The molecule has 0 aliphatic carbocycles. The predicted molar refractivity (Wildman–Crippen MR) is 79.6 cm³/mol. The van der Waals surface area contributed by atoms with E-state index in [-0.39, 0.29) is 4.99 Å². The summed E-state index contributed by atoms with van der Waals surface area (Å²) in [6.45, 7) is 1.98. The maximum Gasteiger partial charge on any atom is 0.124 e. The molecule has 18 heavy (non-hydrogen) atoms. The van der Waals surface area contributed by atoms with Crippen LogP contribution in [0.25, 0.3) is 0 Å². The SMILES string of the molecule is Cc1cccc(Cl)c1Nc1cccnc1C(N)=S. The minimum Gasteiger partial charge on any atom is -0.388 e. The number of para-hydroxylation sites is 1. The summed E-state index contributed by atoms with van der Waals surface area (Å²) in [6.07, 6.45) is 1.65. The van der Waals surface area contributed by atoms with Gasteiger partial charge in [0.25, 0.3) is 0 Å². The molecule has 0 fully saturated rings.